The van der Waals surface area contributed by atoms with Crippen LogP contribution in [0.4, 0.5) is 5.69 Å². The van der Waals surface area contributed by atoms with Crippen LogP contribution in [0.3, 0.4) is 0 Å². The van der Waals surface area contributed by atoms with Crippen molar-refractivity contribution in [3.05, 3.63) is 52.5 Å². The summed E-state index contributed by atoms with van der Waals surface area (Å²) in [5, 5.41) is 0. The van der Waals surface area contributed by atoms with E-state index in [1.54, 1.807) is 6.07 Å². The van der Waals surface area contributed by atoms with E-state index < -0.39 is 5.97 Å². The van der Waals surface area contributed by atoms with Crippen LogP contribution in [0.15, 0.2) is 28.7 Å². The summed E-state index contributed by atoms with van der Waals surface area (Å²) in [6.07, 6.45) is 1.08. The molecule has 0 unspecified atom stereocenters. The van der Waals surface area contributed by atoms with E-state index in [1.807, 2.05) is 6.07 Å². The van der Waals surface area contributed by atoms with Gasteiger partial charge in [-0.2, -0.15) is 0 Å². The van der Waals surface area contributed by atoms with Crippen LogP contribution in [0, 0.1) is 13.8 Å². The van der Waals surface area contributed by atoms with E-state index in [-0.39, 0.29) is 11.3 Å². The number of anilines is 1. The molecule has 1 aromatic carbocycles. The molecule has 0 saturated heterocycles. The lowest BCUT2D eigenvalue weighted by Crippen LogP contribution is -2.47. The zero-order valence-electron chi connectivity index (χ0n) is 16.0. The third-order valence-electron chi connectivity index (χ3n) is 5.36. The first kappa shape index (κ1) is 17.6. The van der Waals surface area contributed by atoms with Crippen molar-refractivity contribution < 1.29 is 13.9 Å². The first-order valence-corrected chi connectivity index (χ1v) is 8.78. The minimum atomic E-state index is -0.440. The SMILES string of the molecule is COC(=O)c1ccc(CN2c3cc(C)c(C)cc3[C@H](C)CC2(C)C)o1. The number of esters is 1. The Labute approximate surface area is 149 Å². The summed E-state index contributed by atoms with van der Waals surface area (Å²) in [6.45, 7) is 11.8. The molecule has 1 aliphatic heterocycles. The molecule has 25 heavy (non-hydrogen) atoms. The lowest BCUT2D eigenvalue weighted by molar-refractivity contribution is 0.0563. The average Bonchev–Trinajstić information content (AvgIpc) is 3.01. The molecule has 1 aliphatic rings. The second kappa shape index (κ2) is 6.25. The number of carbonyl (C=O) groups is 1. The maximum absolute atomic E-state index is 11.6. The Balaban J connectivity index is 1.99. The largest absolute Gasteiger partial charge is 0.463 e. The minimum Gasteiger partial charge on any atom is -0.463 e. The van der Waals surface area contributed by atoms with Gasteiger partial charge in [0, 0.05) is 11.2 Å². The molecule has 3 rings (SSSR count). The van der Waals surface area contributed by atoms with Gasteiger partial charge in [0.1, 0.15) is 5.76 Å². The van der Waals surface area contributed by atoms with Crippen molar-refractivity contribution in [1.82, 2.24) is 0 Å². The van der Waals surface area contributed by atoms with E-state index in [1.165, 1.54) is 29.5 Å². The van der Waals surface area contributed by atoms with Crippen LogP contribution in [0.2, 0.25) is 0 Å². The molecular weight excluding hydrogens is 314 g/mol. The van der Waals surface area contributed by atoms with Gasteiger partial charge >= 0.3 is 5.97 Å². The summed E-state index contributed by atoms with van der Waals surface area (Å²) in [5.74, 6) is 1.10. The molecule has 0 radical (unpaired) electrons. The van der Waals surface area contributed by atoms with Gasteiger partial charge in [-0.05, 0) is 74.9 Å². The summed E-state index contributed by atoms with van der Waals surface area (Å²) in [7, 11) is 1.36. The van der Waals surface area contributed by atoms with Crippen LogP contribution in [0.25, 0.3) is 0 Å². The number of fused-ring (bicyclic) bond motifs is 1. The molecule has 0 aliphatic carbocycles. The van der Waals surface area contributed by atoms with Crippen molar-refractivity contribution in [3.8, 4) is 0 Å². The van der Waals surface area contributed by atoms with E-state index in [0.29, 0.717) is 12.5 Å². The smallest absolute Gasteiger partial charge is 0.373 e. The highest BCUT2D eigenvalue weighted by Crippen LogP contribution is 2.45. The van der Waals surface area contributed by atoms with Gasteiger partial charge in [-0.3, -0.25) is 0 Å². The number of aryl methyl sites for hydroxylation is 2. The molecule has 0 saturated carbocycles. The Hall–Kier alpha value is -2.23. The van der Waals surface area contributed by atoms with E-state index in [4.69, 9.17) is 9.15 Å². The first-order chi connectivity index (χ1) is 11.7. The lowest BCUT2D eigenvalue weighted by Gasteiger charge is -2.47. The van der Waals surface area contributed by atoms with Gasteiger partial charge in [-0.15, -0.1) is 0 Å². The predicted molar refractivity (Wildman–Crippen MR) is 99.3 cm³/mol. The number of carbonyl (C=O) groups excluding carboxylic acids is 1. The molecular formula is C21H27NO3. The van der Waals surface area contributed by atoms with Crippen LogP contribution < -0.4 is 4.90 Å². The third-order valence-corrected chi connectivity index (χ3v) is 5.36. The van der Waals surface area contributed by atoms with Gasteiger partial charge < -0.3 is 14.1 Å². The van der Waals surface area contributed by atoms with E-state index in [2.05, 4.69) is 51.7 Å². The fourth-order valence-corrected chi connectivity index (χ4v) is 3.88. The quantitative estimate of drug-likeness (QED) is 0.739. The molecule has 1 aromatic heterocycles. The van der Waals surface area contributed by atoms with Gasteiger partial charge in [0.2, 0.25) is 5.76 Å². The molecule has 2 heterocycles. The van der Waals surface area contributed by atoms with Gasteiger partial charge in [-0.25, -0.2) is 4.79 Å². The maximum atomic E-state index is 11.6. The molecule has 0 spiro atoms. The Bertz CT molecular complexity index is 803. The third kappa shape index (κ3) is 3.17. The van der Waals surface area contributed by atoms with E-state index >= 15 is 0 Å². The lowest BCUT2D eigenvalue weighted by atomic mass is 9.79. The highest BCUT2D eigenvalue weighted by molar-refractivity contribution is 5.86. The normalized spacial score (nSPS) is 18.8. The summed E-state index contributed by atoms with van der Waals surface area (Å²) >= 11 is 0. The monoisotopic (exact) mass is 341 g/mol. The van der Waals surface area contributed by atoms with Gasteiger partial charge in [-0.1, -0.05) is 13.0 Å². The molecule has 0 N–H and O–H groups in total. The van der Waals surface area contributed by atoms with Crippen molar-refractivity contribution in [1.29, 1.82) is 0 Å². The van der Waals surface area contributed by atoms with Crippen LogP contribution >= 0.6 is 0 Å². The summed E-state index contributed by atoms with van der Waals surface area (Å²) in [6, 6.07) is 8.15. The summed E-state index contributed by atoms with van der Waals surface area (Å²) < 4.78 is 10.4. The number of methoxy groups -OCH3 is 1. The van der Waals surface area contributed by atoms with E-state index in [9.17, 15) is 4.79 Å². The molecule has 0 amide bonds. The van der Waals surface area contributed by atoms with Crippen molar-refractivity contribution in [2.75, 3.05) is 12.0 Å². The van der Waals surface area contributed by atoms with Crippen molar-refractivity contribution in [2.45, 2.75) is 59.0 Å². The fourth-order valence-electron chi connectivity index (χ4n) is 3.88. The highest BCUT2D eigenvalue weighted by atomic mass is 16.5. The van der Waals surface area contributed by atoms with Crippen molar-refractivity contribution in [2.24, 2.45) is 0 Å². The van der Waals surface area contributed by atoms with Crippen LogP contribution in [0.5, 0.6) is 0 Å². The Kier molecular flexibility index (Phi) is 4.40. The molecule has 2 aromatic rings. The summed E-state index contributed by atoms with van der Waals surface area (Å²) in [5.41, 5.74) is 5.29. The molecule has 134 valence electrons. The second-order valence-electron chi connectivity index (χ2n) is 7.76. The summed E-state index contributed by atoms with van der Waals surface area (Å²) in [4.78, 5) is 14.0. The average molecular weight is 341 g/mol. The van der Waals surface area contributed by atoms with Gasteiger partial charge in [0.25, 0.3) is 0 Å². The zero-order chi connectivity index (χ0) is 18.4. The van der Waals surface area contributed by atoms with Gasteiger partial charge in [0.15, 0.2) is 0 Å². The Morgan fingerprint density at radius 3 is 2.64 bits per heavy atom. The molecule has 0 fully saturated rings. The zero-order valence-corrected chi connectivity index (χ0v) is 16.0. The molecule has 0 bridgehead atoms. The fraction of sp³-hybridized carbons (Fsp3) is 0.476. The number of rotatable bonds is 3. The first-order valence-electron chi connectivity index (χ1n) is 8.78. The highest BCUT2D eigenvalue weighted by Gasteiger charge is 2.37. The van der Waals surface area contributed by atoms with Crippen LogP contribution in [-0.4, -0.2) is 18.6 Å². The number of nitrogens with zero attached hydrogens (tertiary/aromatic N) is 1. The topological polar surface area (TPSA) is 42.7 Å². The molecule has 4 heteroatoms. The van der Waals surface area contributed by atoms with Crippen molar-refractivity contribution in [3.63, 3.8) is 0 Å². The number of ether oxygens (including phenoxy) is 1. The van der Waals surface area contributed by atoms with E-state index in [0.717, 1.165) is 12.2 Å². The molecule has 1 atom stereocenters. The number of hydrogen-bond donors (Lipinski definition) is 0. The number of benzene rings is 1. The standard InChI is InChI=1S/C21H27NO3/c1-13-9-17-15(3)11-21(4,5)22(18(17)10-14(13)2)12-16-7-8-19(25-16)20(23)24-6/h7-10,15H,11-12H2,1-6H3/t15-/m1/s1. The van der Waals surface area contributed by atoms with Gasteiger partial charge in [0.05, 0.1) is 13.7 Å². The maximum Gasteiger partial charge on any atom is 0.373 e. The minimum absolute atomic E-state index is 0.00628. The molecule has 4 nitrogen and oxygen atoms in total. The van der Waals surface area contributed by atoms with Crippen molar-refractivity contribution >= 4 is 11.7 Å². The number of hydrogen-bond acceptors (Lipinski definition) is 4. The Morgan fingerprint density at radius 1 is 1.28 bits per heavy atom. The van der Waals surface area contributed by atoms with Crippen LogP contribution in [-0.2, 0) is 11.3 Å². The van der Waals surface area contributed by atoms with Crippen LogP contribution in [0.1, 0.15) is 66.1 Å². The number of furan rings is 1. The second-order valence-corrected chi connectivity index (χ2v) is 7.76. The predicted octanol–water partition coefficient (Wildman–Crippen LogP) is 4.98. The Morgan fingerprint density at radius 2 is 1.96 bits per heavy atom.